The van der Waals surface area contributed by atoms with Crippen molar-refractivity contribution >= 4 is 0 Å². The summed E-state index contributed by atoms with van der Waals surface area (Å²) >= 11 is 0. The molecular weight excluding hydrogens is 194 g/mol. The first-order valence-electron chi connectivity index (χ1n) is 5.88. The largest absolute Gasteiger partial charge is 0.198 e. The average molecular weight is 215 g/mol. The van der Waals surface area contributed by atoms with Crippen LogP contribution in [0, 0.1) is 23.7 Å². The molecule has 0 fully saturated rings. The van der Waals surface area contributed by atoms with E-state index in [1.807, 2.05) is 0 Å². The summed E-state index contributed by atoms with van der Waals surface area (Å²) in [6, 6.07) is 10.7. The summed E-state index contributed by atoms with van der Waals surface area (Å²) < 4.78 is 0. The molecule has 0 N–H and O–H groups in total. The predicted octanol–water partition coefficient (Wildman–Crippen LogP) is 4.43. The zero-order chi connectivity index (χ0) is 12.2. The Balaban J connectivity index is 2.69. The van der Waals surface area contributed by atoms with Crippen LogP contribution in [-0.4, -0.2) is 0 Å². The lowest BCUT2D eigenvalue weighted by atomic mass is 9.85. The van der Waals surface area contributed by atoms with Gasteiger partial charge in [0.05, 0.1) is 12.0 Å². The fourth-order valence-electron chi connectivity index (χ4n) is 1.68. The van der Waals surface area contributed by atoms with E-state index in [2.05, 4.69) is 58.0 Å². The van der Waals surface area contributed by atoms with E-state index in [1.54, 1.807) is 0 Å². The van der Waals surface area contributed by atoms with Gasteiger partial charge in [-0.3, -0.25) is 0 Å². The van der Waals surface area contributed by atoms with Crippen LogP contribution in [0.2, 0.25) is 0 Å². The standard InChI is InChI=1S/C15H21N/c1-12-5-7-13(8-6-12)14(11-16)9-10-15(2,3)4/h5-8,14H,9-10H2,1-4H3. The minimum atomic E-state index is 0.0415. The Kier molecular flexibility index (Phi) is 4.12. The Morgan fingerprint density at radius 1 is 1.19 bits per heavy atom. The smallest absolute Gasteiger partial charge is 0.0712 e. The first kappa shape index (κ1) is 12.8. The highest BCUT2D eigenvalue weighted by atomic mass is 14.3. The molecule has 0 amide bonds. The molecule has 0 bridgehead atoms. The summed E-state index contributed by atoms with van der Waals surface area (Å²) in [7, 11) is 0. The van der Waals surface area contributed by atoms with Crippen LogP contribution in [0.5, 0.6) is 0 Å². The number of hydrogen-bond donors (Lipinski definition) is 0. The van der Waals surface area contributed by atoms with Gasteiger partial charge in [-0.25, -0.2) is 0 Å². The molecule has 0 saturated carbocycles. The molecule has 1 aromatic carbocycles. The van der Waals surface area contributed by atoms with Crippen LogP contribution in [0.15, 0.2) is 24.3 Å². The van der Waals surface area contributed by atoms with Gasteiger partial charge in [-0.1, -0.05) is 50.6 Å². The summed E-state index contributed by atoms with van der Waals surface area (Å²) in [5, 5.41) is 9.20. The fourth-order valence-corrected chi connectivity index (χ4v) is 1.68. The monoisotopic (exact) mass is 215 g/mol. The molecule has 0 spiro atoms. The molecular formula is C15H21N. The lowest BCUT2D eigenvalue weighted by Crippen LogP contribution is -2.07. The molecule has 1 aromatic rings. The van der Waals surface area contributed by atoms with Crippen LogP contribution in [0.3, 0.4) is 0 Å². The highest BCUT2D eigenvalue weighted by Gasteiger charge is 2.16. The number of aryl methyl sites for hydroxylation is 1. The van der Waals surface area contributed by atoms with Crippen LogP contribution in [0.4, 0.5) is 0 Å². The van der Waals surface area contributed by atoms with E-state index in [0.717, 1.165) is 18.4 Å². The molecule has 0 aliphatic heterocycles. The van der Waals surface area contributed by atoms with E-state index in [0.29, 0.717) is 5.41 Å². The van der Waals surface area contributed by atoms with E-state index in [-0.39, 0.29) is 5.92 Å². The van der Waals surface area contributed by atoms with Gasteiger partial charge < -0.3 is 0 Å². The summed E-state index contributed by atoms with van der Waals surface area (Å²) in [5.41, 5.74) is 2.70. The van der Waals surface area contributed by atoms with Gasteiger partial charge in [0, 0.05) is 0 Å². The zero-order valence-electron chi connectivity index (χ0n) is 10.7. The maximum Gasteiger partial charge on any atom is 0.0712 e. The third-order valence-electron chi connectivity index (χ3n) is 2.82. The Bertz CT molecular complexity index is 362. The lowest BCUT2D eigenvalue weighted by molar-refractivity contribution is 0.359. The van der Waals surface area contributed by atoms with Gasteiger partial charge in [-0.05, 0) is 30.7 Å². The summed E-state index contributed by atoms with van der Waals surface area (Å²) in [6.45, 7) is 8.73. The van der Waals surface area contributed by atoms with E-state index >= 15 is 0 Å². The fraction of sp³-hybridized carbons (Fsp3) is 0.533. The van der Waals surface area contributed by atoms with Gasteiger partial charge in [-0.15, -0.1) is 0 Å². The lowest BCUT2D eigenvalue weighted by Gasteiger charge is -2.20. The molecule has 1 nitrogen and oxygen atoms in total. The van der Waals surface area contributed by atoms with Crippen molar-refractivity contribution < 1.29 is 0 Å². The Labute approximate surface area is 99.1 Å². The topological polar surface area (TPSA) is 23.8 Å². The van der Waals surface area contributed by atoms with Crippen LogP contribution in [0.1, 0.15) is 50.7 Å². The molecule has 16 heavy (non-hydrogen) atoms. The average Bonchev–Trinajstić information content (AvgIpc) is 2.20. The first-order valence-corrected chi connectivity index (χ1v) is 5.88. The van der Waals surface area contributed by atoms with Gasteiger partial charge in [0.2, 0.25) is 0 Å². The van der Waals surface area contributed by atoms with Crippen molar-refractivity contribution in [2.45, 2.75) is 46.5 Å². The molecule has 1 unspecified atom stereocenters. The summed E-state index contributed by atoms with van der Waals surface area (Å²) in [5.74, 6) is 0.0415. The predicted molar refractivity (Wildman–Crippen MR) is 68.2 cm³/mol. The van der Waals surface area contributed by atoms with Crippen molar-refractivity contribution in [3.63, 3.8) is 0 Å². The second-order valence-corrected chi connectivity index (χ2v) is 5.69. The molecule has 0 aliphatic carbocycles. The first-order chi connectivity index (χ1) is 7.42. The molecule has 0 saturated heterocycles. The van der Waals surface area contributed by atoms with Crippen molar-refractivity contribution in [2.24, 2.45) is 5.41 Å². The van der Waals surface area contributed by atoms with Gasteiger partial charge in [0.15, 0.2) is 0 Å². The Hall–Kier alpha value is -1.29. The third kappa shape index (κ3) is 4.06. The Morgan fingerprint density at radius 3 is 2.19 bits per heavy atom. The van der Waals surface area contributed by atoms with E-state index in [4.69, 9.17) is 0 Å². The number of nitrogens with zero attached hydrogens (tertiary/aromatic N) is 1. The van der Waals surface area contributed by atoms with Crippen molar-refractivity contribution in [3.8, 4) is 6.07 Å². The van der Waals surface area contributed by atoms with Crippen molar-refractivity contribution in [1.29, 1.82) is 5.26 Å². The normalized spacial score (nSPS) is 13.2. The number of benzene rings is 1. The van der Waals surface area contributed by atoms with E-state index < -0.39 is 0 Å². The number of hydrogen-bond acceptors (Lipinski definition) is 1. The van der Waals surface area contributed by atoms with Gasteiger partial charge in [-0.2, -0.15) is 5.26 Å². The molecule has 0 heterocycles. The van der Waals surface area contributed by atoms with Crippen LogP contribution in [-0.2, 0) is 0 Å². The van der Waals surface area contributed by atoms with Crippen molar-refractivity contribution in [3.05, 3.63) is 35.4 Å². The van der Waals surface area contributed by atoms with Crippen molar-refractivity contribution in [1.82, 2.24) is 0 Å². The Morgan fingerprint density at radius 2 is 1.75 bits per heavy atom. The van der Waals surface area contributed by atoms with E-state index in [1.165, 1.54) is 5.56 Å². The van der Waals surface area contributed by atoms with E-state index in [9.17, 15) is 5.26 Å². The molecule has 0 radical (unpaired) electrons. The molecule has 0 aliphatic rings. The molecule has 1 heteroatoms. The second kappa shape index (κ2) is 5.16. The summed E-state index contributed by atoms with van der Waals surface area (Å²) in [6.07, 6.45) is 2.03. The molecule has 0 aromatic heterocycles. The van der Waals surface area contributed by atoms with Gasteiger partial charge in [0.1, 0.15) is 0 Å². The van der Waals surface area contributed by atoms with Crippen LogP contribution < -0.4 is 0 Å². The second-order valence-electron chi connectivity index (χ2n) is 5.69. The zero-order valence-corrected chi connectivity index (χ0v) is 10.7. The highest BCUT2D eigenvalue weighted by molar-refractivity contribution is 5.28. The number of rotatable bonds is 3. The molecule has 1 rings (SSSR count). The summed E-state index contributed by atoms with van der Waals surface area (Å²) in [4.78, 5) is 0. The van der Waals surface area contributed by atoms with Gasteiger partial charge in [0.25, 0.3) is 0 Å². The highest BCUT2D eigenvalue weighted by Crippen LogP contribution is 2.28. The quantitative estimate of drug-likeness (QED) is 0.731. The van der Waals surface area contributed by atoms with Crippen molar-refractivity contribution in [2.75, 3.05) is 0 Å². The molecule has 86 valence electrons. The third-order valence-corrected chi connectivity index (χ3v) is 2.82. The van der Waals surface area contributed by atoms with Gasteiger partial charge >= 0.3 is 0 Å². The minimum absolute atomic E-state index is 0.0415. The van der Waals surface area contributed by atoms with Crippen LogP contribution >= 0.6 is 0 Å². The minimum Gasteiger partial charge on any atom is -0.198 e. The van der Waals surface area contributed by atoms with Crippen LogP contribution in [0.25, 0.3) is 0 Å². The number of nitriles is 1. The maximum atomic E-state index is 9.20. The maximum absolute atomic E-state index is 9.20. The SMILES string of the molecule is Cc1ccc(C(C#N)CCC(C)(C)C)cc1. The molecule has 1 atom stereocenters.